The molecule has 1 N–H and O–H groups in total. The molecule has 0 bridgehead atoms. The zero-order valence-corrected chi connectivity index (χ0v) is 9.43. The molecule has 2 aromatic heterocycles. The fourth-order valence-corrected chi connectivity index (χ4v) is 1.77. The van der Waals surface area contributed by atoms with Gasteiger partial charge in [-0.2, -0.15) is 0 Å². The van der Waals surface area contributed by atoms with Crippen LogP contribution in [0.15, 0.2) is 12.3 Å². The van der Waals surface area contributed by atoms with Crippen molar-refractivity contribution in [2.24, 2.45) is 0 Å². The Morgan fingerprint density at radius 1 is 1.50 bits per heavy atom. The number of imidazole rings is 1. The molecule has 2 rings (SSSR count). The first-order valence-corrected chi connectivity index (χ1v) is 5.04. The lowest BCUT2D eigenvalue weighted by molar-refractivity contribution is -0.140. The van der Waals surface area contributed by atoms with Gasteiger partial charge in [0.2, 0.25) is 0 Å². The van der Waals surface area contributed by atoms with Gasteiger partial charge in [-0.05, 0) is 32.4 Å². The van der Waals surface area contributed by atoms with E-state index < -0.39 is 12.0 Å². The van der Waals surface area contributed by atoms with Crippen LogP contribution in [0.5, 0.6) is 0 Å². The Labute approximate surface area is 92.8 Å². The van der Waals surface area contributed by atoms with E-state index in [1.807, 2.05) is 13.0 Å². The van der Waals surface area contributed by atoms with Gasteiger partial charge in [-0.15, -0.1) is 0 Å². The van der Waals surface area contributed by atoms with E-state index in [-0.39, 0.29) is 0 Å². The van der Waals surface area contributed by atoms with Crippen LogP contribution in [0.1, 0.15) is 24.4 Å². The third kappa shape index (κ3) is 1.54. The second-order valence-electron chi connectivity index (χ2n) is 3.90. The highest BCUT2D eigenvalue weighted by Crippen LogP contribution is 2.19. The zero-order valence-electron chi connectivity index (χ0n) is 9.43. The average molecular weight is 219 g/mol. The number of aryl methyl sites for hydroxylation is 2. The van der Waals surface area contributed by atoms with E-state index in [9.17, 15) is 4.79 Å². The van der Waals surface area contributed by atoms with Gasteiger partial charge in [-0.25, -0.2) is 14.8 Å². The Bertz CT molecular complexity index is 560. The van der Waals surface area contributed by atoms with Gasteiger partial charge in [0, 0.05) is 6.20 Å². The number of rotatable bonds is 2. The fourth-order valence-electron chi connectivity index (χ4n) is 1.77. The van der Waals surface area contributed by atoms with E-state index in [1.54, 1.807) is 24.6 Å². The molecule has 0 saturated heterocycles. The summed E-state index contributed by atoms with van der Waals surface area (Å²) in [7, 11) is 0. The number of hydrogen-bond donors (Lipinski definition) is 1. The molecule has 0 saturated carbocycles. The minimum absolute atomic E-state index is 0.623. The van der Waals surface area contributed by atoms with Crippen molar-refractivity contribution in [1.29, 1.82) is 0 Å². The molecule has 2 aromatic rings. The number of carboxylic acid groups (broad SMARTS) is 1. The van der Waals surface area contributed by atoms with Gasteiger partial charge in [0.05, 0.1) is 0 Å². The molecule has 2 heterocycles. The number of pyridine rings is 1. The third-order valence-corrected chi connectivity index (χ3v) is 2.59. The van der Waals surface area contributed by atoms with Crippen LogP contribution in [0.2, 0.25) is 0 Å². The maximum Gasteiger partial charge on any atom is 0.326 e. The first-order valence-electron chi connectivity index (χ1n) is 5.04. The van der Waals surface area contributed by atoms with Crippen LogP contribution in [0.4, 0.5) is 0 Å². The lowest BCUT2D eigenvalue weighted by Crippen LogP contribution is -2.17. The third-order valence-electron chi connectivity index (χ3n) is 2.59. The number of carbonyl (C=O) groups is 1. The second-order valence-corrected chi connectivity index (χ2v) is 3.90. The van der Waals surface area contributed by atoms with Crippen molar-refractivity contribution in [3.63, 3.8) is 0 Å². The summed E-state index contributed by atoms with van der Waals surface area (Å²) in [6.45, 7) is 5.34. The van der Waals surface area contributed by atoms with Crippen molar-refractivity contribution < 1.29 is 9.90 Å². The van der Waals surface area contributed by atoms with Crippen LogP contribution in [-0.2, 0) is 4.79 Å². The summed E-state index contributed by atoms with van der Waals surface area (Å²) in [5.74, 6) is -0.215. The Hall–Kier alpha value is -1.91. The predicted molar refractivity (Wildman–Crippen MR) is 59.3 cm³/mol. The van der Waals surface area contributed by atoms with Gasteiger partial charge in [-0.1, -0.05) is 0 Å². The Kier molecular flexibility index (Phi) is 2.38. The molecule has 5 nitrogen and oxygen atoms in total. The molecule has 0 fully saturated rings. The van der Waals surface area contributed by atoms with E-state index in [2.05, 4.69) is 9.97 Å². The van der Waals surface area contributed by atoms with Crippen molar-refractivity contribution >= 4 is 17.1 Å². The smallest absolute Gasteiger partial charge is 0.326 e. The zero-order chi connectivity index (χ0) is 11.9. The summed E-state index contributed by atoms with van der Waals surface area (Å²) in [6, 6.07) is 1.25. The molecule has 0 aliphatic carbocycles. The molecule has 1 atom stereocenters. The predicted octanol–water partition coefficient (Wildman–Crippen LogP) is 1.69. The molecule has 0 radical (unpaired) electrons. The lowest BCUT2D eigenvalue weighted by atomic mass is 10.3. The highest BCUT2D eigenvalue weighted by atomic mass is 16.4. The van der Waals surface area contributed by atoms with Crippen molar-refractivity contribution in [3.05, 3.63) is 23.7 Å². The molecule has 0 aliphatic rings. The lowest BCUT2D eigenvalue weighted by Gasteiger charge is -2.10. The summed E-state index contributed by atoms with van der Waals surface area (Å²) >= 11 is 0. The molecular weight excluding hydrogens is 206 g/mol. The summed E-state index contributed by atoms with van der Waals surface area (Å²) in [4.78, 5) is 19.5. The number of fused-ring (bicyclic) bond motifs is 1. The van der Waals surface area contributed by atoms with Crippen LogP contribution in [0.3, 0.4) is 0 Å². The summed E-state index contributed by atoms with van der Waals surface area (Å²) in [5.41, 5.74) is 2.38. The van der Waals surface area contributed by atoms with Gasteiger partial charge in [0.15, 0.2) is 5.65 Å². The van der Waals surface area contributed by atoms with E-state index in [1.165, 1.54) is 0 Å². The number of carboxylic acids is 1. The maximum absolute atomic E-state index is 11.0. The number of aliphatic carboxylic acids is 1. The summed E-state index contributed by atoms with van der Waals surface area (Å²) < 4.78 is 1.64. The van der Waals surface area contributed by atoms with E-state index >= 15 is 0 Å². The van der Waals surface area contributed by atoms with Crippen molar-refractivity contribution in [1.82, 2.24) is 14.5 Å². The molecule has 0 spiro atoms. The number of aromatic nitrogens is 3. The van der Waals surface area contributed by atoms with Gasteiger partial charge in [0.1, 0.15) is 17.4 Å². The Morgan fingerprint density at radius 3 is 2.81 bits per heavy atom. The standard InChI is InChI=1S/C11H13N3O2/c1-6-4-9-10(12-5-6)14(8(3)13-9)7(2)11(15)16/h4-5,7H,1-3H3,(H,15,16). The molecule has 0 amide bonds. The van der Waals surface area contributed by atoms with E-state index in [0.29, 0.717) is 11.5 Å². The van der Waals surface area contributed by atoms with Gasteiger partial charge >= 0.3 is 5.97 Å². The molecule has 0 aromatic carbocycles. The van der Waals surface area contributed by atoms with E-state index in [0.717, 1.165) is 11.1 Å². The largest absolute Gasteiger partial charge is 0.480 e. The minimum Gasteiger partial charge on any atom is -0.480 e. The molecule has 1 unspecified atom stereocenters. The highest BCUT2D eigenvalue weighted by Gasteiger charge is 2.19. The van der Waals surface area contributed by atoms with Crippen molar-refractivity contribution in [2.75, 3.05) is 0 Å². The molecule has 84 valence electrons. The number of hydrogen-bond acceptors (Lipinski definition) is 3. The van der Waals surface area contributed by atoms with Crippen LogP contribution < -0.4 is 0 Å². The SMILES string of the molecule is Cc1cnc2c(c1)nc(C)n2C(C)C(=O)O. The summed E-state index contributed by atoms with van der Waals surface area (Å²) in [6.07, 6.45) is 1.72. The highest BCUT2D eigenvalue weighted by molar-refractivity contribution is 5.77. The van der Waals surface area contributed by atoms with Crippen LogP contribution >= 0.6 is 0 Å². The van der Waals surface area contributed by atoms with Crippen LogP contribution in [-0.4, -0.2) is 25.6 Å². The second kappa shape index (κ2) is 3.59. The van der Waals surface area contributed by atoms with Gasteiger partial charge < -0.3 is 5.11 Å². The average Bonchev–Trinajstić information content (AvgIpc) is 2.51. The quantitative estimate of drug-likeness (QED) is 0.834. The van der Waals surface area contributed by atoms with Crippen molar-refractivity contribution in [2.45, 2.75) is 26.8 Å². The fraction of sp³-hybridized carbons (Fsp3) is 0.364. The maximum atomic E-state index is 11.0. The normalized spacial score (nSPS) is 12.9. The van der Waals surface area contributed by atoms with Crippen LogP contribution in [0.25, 0.3) is 11.2 Å². The van der Waals surface area contributed by atoms with E-state index in [4.69, 9.17) is 5.11 Å². The van der Waals surface area contributed by atoms with Gasteiger partial charge in [0.25, 0.3) is 0 Å². The summed E-state index contributed by atoms with van der Waals surface area (Å²) in [5, 5.41) is 9.02. The Morgan fingerprint density at radius 2 is 2.19 bits per heavy atom. The first-order chi connectivity index (χ1) is 7.50. The Balaban J connectivity index is 2.69. The molecule has 16 heavy (non-hydrogen) atoms. The molecule has 5 heteroatoms. The topological polar surface area (TPSA) is 68.0 Å². The van der Waals surface area contributed by atoms with Gasteiger partial charge in [-0.3, -0.25) is 4.57 Å². The van der Waals surface area contributed by atoms with Crippen LogP contribution in [0, 0.1) is 13.8 Å². The van der Waals surface area contributed by atoms with Crippen molar-refractivity contribution in [3.8, 4) is 0 Å². The molecular formula is C11H13N3O2. The molecule has 0 aliphatic heterocycles. The number of nitrogens with zero attached hydrogens (tertiary/aromatic N) is 3. The monoisotopic (exact) mass is 219 g/mol. The first kappa shape index (κ1) is 10.6. The minimum atomic E-state index is -0.884.